The lowest BCUT2D eigenvalue weighted by Gasteiger charge is -2.35. The number of hydrogen-bond donors (Lipinski definition) is 2. The van der Waals surface area contributed by atoms with Gasteiger partial charge >= 0.3 is 5.97 Å². The van der Waals surface area contributed by atoms with E-state index in [-0.39, 0.29) is 29.3 Å². The number of benzene rings is 3. The van der Waals surface area contributed by atoms with Gasteiger partial charge in [0.1, 0.15) is 23.0 Å². The molecule has 1 fully saturated rings. The van der Waals surface area contributed by atoms with Crippen molar-refractivity contribution in [2.45, 2.75) is 38.6 Å². The summed E-state index contributed by atoms with van der Waals surface area (Å²) in [4.78, 5) is 38.4. The summed E-state index contributed by atoms with van der Waals surface area (Å²) < 4.78 is 39.5. The van der Waals surface area contributed by atoms with Crippen LogP contribution >= 0.6 is 0 Å². The normalized spacial score (nSPS) is 16.2. The largest absolute Gasteiger partial charge is 0.469 e. The second-order valence-corrected chi connectivity index (χ2v) is 10.3. The van der Waals surface area contributed by atoms with Crippen molar-refractivity contribution in [3.8, 4) is 22.5 Å². The SMILES string of the molecule is CCC1CC(NC(=O)c2cc(-c3cc4c(C(=O)NC)c(-c5ccc(F)cc5)oc4cc3CC(=O)OC)ccc2F)C1. The van der Waals surface area contributed by atoms with Gasteiger partial charge in [-0.05, 0) is 84.0 Å². The number of carbonyl (C=O) groups is 3. The van der Waals surface area contributed by atoms with E-state index in [4.69, 9.17) is 9.15 Å². The third-order valence-electron chi connectivity index (χ3n) is 7.71. The highest BCUT2D eigenvalue weighted by Gasteiger charge is 2.30. The summed E-state index contributed by atoms with van der Waals surface area (Å²) in [5.74, 6) is -1.77. The van der Waals surface area contributed by atoms with Crippen molar-refractivity contribution in [2.75, 3.05) is 14.2 Å². The molecule has 1 aliphatic rings. The summed E-state index contributed by atoms with van der Waals surface area (Å²) >= 11 is 0. The highest BCUT2D eigenvalue weighted by atomic mass is 19.1. The number of methoxy groups -OCH3 is 1. The monoisotopic (exact) mass is 560 g/mol. The predicted octanol–water partition coefficient (Wildman–Crippen LogP) is 6.04. The van der Waals surface area contributed by atoms with Crippen LogP contribution in [0.4, 0.5) is 8.78 Å². The molecule has 0 bridgehead atoms. The maximum Gasteiger partial charge on any atom is 0.310 e. The fraction of sp³-hybridized carbons (Fsp3) is 0.281. The van der Waals surface area contributed by atoms with E-state index >= 15 is 0 Å². The molecule has 1 saturated carbocycles. The summed E-state index contributed by atoms with van der Waals surface area (Å²) in [6.07, 6.45) is 2.63. The zero-order chi connectivity index (χ0) is 29.3. The highest BCUT2D eigenvalue weighted by molar-refractivity contribution is 6.12. The Kier molecular flexibility index (Phi) is 7.88. The number of furan rings is 1. The van der Waals surface area contributed by atoms with Crippen LogP contribution in [0.15, 0.2) is 59.0 Å². The van der Waals surface area contributed by atoms with Crippen LogP contribution in [0.25, 0.3) is 33.4 Å². The molecular weight excluding hydrogens is 530 g/mol. The molecule has 0 radical (unpaired) electrons. The van der Waals surface area contributed by atoms with Gasteiger partial charge in [0.05, 0.1) is 24.7 Å². The van der Waals surface area contributed by atoms with Crippen LogP contribution in [0, 0.1) is 17.6 Å². The Labute approximate surface area is 235 Å². The Morgan fingerprint density at radius 1 is 0.976 bits per heavy atom. The molecule has 1 aromatic heterocycles. The minimum atomic E-state index is -0.666. The number of esters is 1. The fourth-order valence-corrected chi connectivity index (χ4v) is 5.30. The molecule has 4 aromatic rings. The summed E-state index contributed by atoms with van der Waals surface area (Å²) in [5.41, 5.74) is 2.39. The Balaban J connectivity index is 1.64. The topological polar surface area (TPSA) is 97.6 Å². The van der Waals surface area contributed by atoms with Crippen LogP contribution in [-0.4, -0.2) is 38.0 Å². The van der Waals surface area contributed by atoms with Gasteiger partial charge in [0.25, 0.3) is 11.8 Å². The van der Waals surface area contributed by atoms with E-state index in [0.717, 1.165) is 19.3 Å². The lowest BCUT2D eigenvalue weighted by Crippen LogP contribution is -2.44. The highest BCUT2D eigenvalue weighted by Crippen LogP contribution is 2.39. The zero-order valence-corrected chi connectivity index (χ0v) is 23.0. The Hall–Kier alpha value is -4.53. The molecule has 0 unspecified atom stereocenters. The first kappa shape index (κ1) is 28.0. The molecule has 1 heterocycles. The number of fused-ring (bicyclic) bond motifs is 1. The first-order chi connectivity index (χ1) is 19.7. The molecule has 2 N–H and O–H groups in total. The lowest BCUT2D eigenvalue weighted by molar-refractivity contribution is -0.139. The molecule has 7 nitrogen and oxygen atoms in total. The quantitative estimate of drug-likeness (QED) is 0.256. The molecule has 41 heavy (non-hydrogen) atoms. The van der Waals surface area contributed by atoms with Crippen molar-refractivity contribution in [1.82, 2.24) is 10.6 Å². The lowest BCUT2D eigenvalue weighted by atomic mass is 9.78. The molecule has 0 saturated heterocycles. The van der Waals surface area contributed by atoms with Gasteiger partial charge < -0.3 is 19.8 Å². The van der Waals surface area contributed by atoms with Crippen LogP contribution in [0.1, 0.15) is 52.5 Å². The number of rotatable bonds is 8. The maximum atomic E-state index is 14.9. The van der Waals surface area contributed by atoms with Crippen molar-refractivity contribution in [3.63, 3.8) is 0 Å². The summed E-state index contributed by atoms with van der Waals surface area (Å²) in [5, 5.41) is 5.96. The van der Waals surface area contributed by atoms with E-state index in [1.54, 1.807) is 12.1 Å². The van der Waals surface area contributed by atoms with Crippen molar-refractivity contribution in [3.05, 3.63) is 82.9 Å². The summed E-state index contributed by atoms with van der Waals surface area (Å²) in [6.45, 7) is 2.10. The molecule has 3 aromatic carbocycles. The van der Waals surface area contributed by atoms with Crippen molar-refractivity contribution in [1.29, 1.82) is 0 Å². The van der Waals surface area contributed by atoms with E-state index in [2.05, 4.69) is 17.6 Å². The smallest absolute Gasteiger partial charge is 0.310 e. The van der Waals surface area contributed by atoms with E-state index < -0.39 is 29.4 Å². The molecule has 212 valence electrons. The molecule has 0 atom stereocenters. The molecule has 2 amide bonds. The first-order valence-corrected chi connectivity index (χ1v) is 13.5. The summed E-state index contributed by atoms with van der Waals surface area (Å²) in [6, 6.07) is 13.0. The minimum Gasteiger partial charge on any atom is -0.469 e. The number of carbonyl (C=O) groups excluding carboxylic acids is 3. The van der Waals surface area contributed by atoms with Gasteiger partial charge in [0.15, 0.2) is 0 Å². The van der Waals surface area contributed by atoms with Gasteiger partial charge in [-0.1, -0.05) is 19.4 Å². The van der Waals surface area contributed by atoms with Gasteiger partial charge in [-0.25, -0.2) is 8.78 Å². The zero-order valence-electron chi connectivity index (χ0n) is 23.0. The van der Waals surface area contributed by atoms with Gasteiger partial charge in [-0.3, -0.25) is 14.4 Å². The predicted molar refractivity (Wildman–Crippen MR) is 150 cm³/mol. The van der Waals surface area contributed by atoms with Crippen molar-refractivity contribution in [2.24, 2.45) is 5.92 Å². The molecule has 1 aliphatic carbocycles. The number of nitrogens with one attached hydrogen (secondary N) is 2. The number of amides is 2. The fourth-order valence-electron chi connectivity index (χ4n) is 5.30. The van der Waals surface area contributed by atoms with Gasteiger partial charge in [-0.2, -0.15) is 0 Å². The van der Waals surface area contributed by atoms with E-state index in [0.29, 0.717) is 39.1 Å². The molecule has 0 spiro atoms. The first-order valence-electron chi connectivity index (χ1n) is 13.5. The molecule has 0 aliphatic heterocycles. The third kappa shape index (κ3) is 5.57. The van der Waals surface area contributed by atoms with Crippen LogP contribution < -0.4 is 10.6 Å². The van der Waals surface area contributed by atoms with Crippen LogP contribution in [0.3, 0.4) is 0 Å². The Morgan fingerprint density at radius 3 is 2.34 bits per heavy atom. The average Bonchev–Trinajstić information content (AvgIpc) is 3.32. The van der Waals surface area contributed by atoms with E-state index in [1.165, 1.54) is 56.6 Å². The Bertz CT molecular complexity index is 1640. The van der Waals surface area contributed by atoms with Crippen LogP contribution in [0.5, 0.6) is 0 Å². The molecule has 9 heteroatoms. The second kappa shape index (κ2) is 11.5. The molecular formula is C32H30F2N2O5. The number of halogens is 2. The van der Waals surface area contributed by atoms with Crippen molar-refractivity contribution < 1.29 is 32.3 Å². The van der Waals surface area contributed by atoms with Crippen LogP contribution in [-0.2, 0) is 16.0 Å². The summed E-state index contributed by atoms with van der Waals surface area (Å²) in [7, 11) is 2.76. The third-order valence-corrected chi connectivity index (χ3v) is 7.71. The van der Waals surface area contributed by atoms with Gasteiger partial charge in [0.2, 0.25) is 0 Å². The van der Waals surface area contributed by atoms with Gasteiger partial charge in [-0.15, -0.1) is 0 Å². The average molecular weight is 561 g/mol. The Morgan fingerprint density at radius 2 is 1.68 bits per heavy atom. The van der Waals surface area contributed by atoms with Gasteiger partial charge in [0, 0.05) is 24.0 Å². The molecule has 5 rings (SSSR count). The second-order valence-electron chi connectivity index (χ2n) is 10.3. The maximum absolute atomic E-state index is 14.9. The minimum absolute atomic E-state index is 0.00710. The van der Waals surface area contributed by atoms with Crippen molar-refractivity contribution >= 4 is 28.8 Å². The van der Waals surface area contributed by atoms with E-state index in [9.17, 15) is 23.2 Å². The van der Waals surface area contributed by atoms with E-state index in [1.807, 2.05) is 0 Å². The number of hydrogen-bond acceptors (Lipinski definition) is 5. The number of ether oxygens (including phenoxy) is 1. The standard InChI is InChI=1S/C32H30F2N2O5/c1-4-17-11-22(12-17)36-31(38)24-13-19(7-10-26(24)34)23-16-25-27(14-20(23)15-28(37)40-3)41-30(29(25)32(39)35-2)18-5-8-21(33)9-6-18/h5-10,13-14,16-17,22H,4,11-12,15H2,1-3H3,(H,35,39)(H,36,38). The van der Waals surface area contributed by atoms with Crippen LogP contribution in [0.2, 0.25) is 0 Å².